The van der Waals surface area contributed by atoms with E-state index in [9.17, 15) is 4.79 Å². The van der Waals surface area contributed by atoms with Crippen LogP contribution in [0.4, 0.5) is 0 Å². The minimum atomic E-state index is -0.369. The van der Waals surface area contributed by atoms with Crippen LogP contribution < -0.4 is 15.4 Å². The molecule has 2 aromatic carbocycles. The van der Waals surface area contributed by atoms with Gasteiger partial charge in [0.15, 0.2) is 5.11 Å². The van der Waals surface area contributed by atoms with Gasteiger partial charge in [0.25, 0.3) is 0 Å². The monoisotopic (exact) mass is 410 g/mol. The summed E-state index contributed by atoms with van der Waals surface area (Å²) in [4.78, 5) is 12.7. The van der Waals surface area contributed by atoms with Crippen molar-refractivity contribution in [2.75, 3.05) is 6.61 Å². The van der Waals surface area contributed by atoms with Gasteiger partial charge in [0, 0.05) is 5.70 Å². The van der Waals surface area contributed by atoms with E-state index in [1.54, 1.807) is 0 Å². The summed E-state index contributed by atoms with van der Waals surface area (Å²) < 4.78 is 11.3. The van der Waals surface area contributed by atoms with Gasteiger partial charge in [-0.3, -0.25) is 0 Å². The fourth-order valence-corrected chi connectivity index (χ4v) is 3.30. The number of carbonyl (C=O) groups is 1. The zero-order valence-corrected chi connectivity index (χ0v) is 17.7. The van der Waals surface area contributed by atoms with Crippen molar-refractivity contribution < 1.29 is 14.3 Å². The van der Waals surface area contributed by atoms with Gasteiger partial charge in [-0.25, -0.2) is 4.79 Å². The molecule has 1 atom stereocenters. The summed E-state index contributed by atoms with van der Waals surface area (Å²) in [6.07, 6.45) is 0. The fourth-order valence-electron chi connectivity index (χ4n) is 3.03. The number of hydrogen-bond acceptors (Lipinski definition) is 4. The third kappa shape index (κ3) is 5.57. The summed E-state index contributed by atoms with van der Waals surface area (Å²) in [6.45, 7) is 6.73. The molecule has 6 heteroatoms. The van der Waals surface area contributed by atoms with Crippen molar-refractivity contribution in [3.05, 3.63) is 77.0 Å². The van der Waals surface area contributed by atoms with Gasteiger partial charge in [0.05, 0.1) is 18.2 Å². The molecule has 0 fully saturated rings. The second-order valence-corrected chi connectivity index (χ2v) is 7.81. The highest BCUT2D eigenvalue weighted by Gasteiger charge is 2.31. The summed E-state index contributed by atoms with van der Waals surface area (Å²) in [5.74, 6) is 0.691. The maximum Gasteiger partial charge on any atom is 0.338 e. The number of hydrogen-bond donors (Lipinski definition) is 2. The second-order valence-electron chi connectivity index (χ2n) is 7.41. The third-order valence-electron chi connectivity index (χ3n) is 4.50. The third-order valence-corrected chi connectivity index (χ3v) is 4.72. The van der Waals surface area contributed by atoms with Crippen molar-refractivity contribution in [2.24, 2.45) is 5.92 Å². The van der Waals surface area contributed by atoms with Gasteiger partial charge in [-0.1, -0.05) is 56.3 Å². The fraction of sp³-hybridized carbons (Fsp3) is 0.304. The van der Waals surface area contributed by atoms with Gasteiger partial charge < -0.3 is 20.1 Å². The molecule has 0 spiro atoms. The number of benzene rings is 2. The molecule has 0 saturated carbocycles. The smallest absolute Gasteiger partial charge is 0.338 e. The standard InChI is InChI=1S/C23H26N2O3S/c1-15(2)13-28-22(26)20-16(3)24-23(29)25-21(20)18-9-11-19(12-10-18)27-14-17-7-5-4-6-8-17/h4-12,15,21H,13-14H2,1-3H3,(H2,24,25,29)/t21-/m0/s1. The molecular weight excluding hydrogens is 384 g/mol. The van der Waals surface area contributed by atoms with Gasteiger partial charge in [-0.2, -0.15) is 0 Å². The lowest BCUT2D eigenvalue weighted by atomic mass is 9.95. The Labute approximate surface area is 177 Å². The molecule has 1 heterocycles. The maximum atomic E-state index is 12.7. The molecular formula is C23H26N2O3S. The topological polar surface area (TPSA) is 59.6 Å². The van der Waals surface area contributed by atoms with Crippen LogP contribution in [0.25, 0.3) is 0 Å². The van der Waals surface area contributed by atoms with Crippen molar-refractivity contribution >= 4 is 23.3 Å². The molecule has 1 aliphatic rings. The Morgan fingerprint density at radius 3 is 2.45 bits per heavy atom. The number of ether oxygens (including phenoxy) is 2. The van der Waals surface area contributed by atoms with E-state index >= 15 is 0 Å². The molecule has 0 amide bonds. The predicted octanol–water partition coefficient (Wildman–Crippen LogP) is 4.26. The van der Waals surface area contributed by atoms with E-state index in [1.165, 1.54) is 0 Å². The number of allylic oxidation sites excluding steroid dienone is 1. The van der Waals surface area contributed by atoms with E-state index in [2.05, 4.69) is 10.6 Å². The average Bonchev–Trinajstić information content (AvgIpc) is 2.71. The van der Waals surface area contributed by atoms with Crippen molar-refractivity contribution in [1.29, 1.82) is 0 Å². The maximum absolute atomic E-state index is 12.7. The molecule has 1 aliphatic heterocycles. The summed E-state index contributed by atoms with van der Waals surface area (Å²) in [6, 6.07) is 17.3. The van der Waals surface area contributed by atoms with Crippen LogP contribution in [0.15, 0.2) is 65.9 Å². The Balaban J connectivity index is 1.75. The van der Waals surface area contributed by atoms with Gasteiger partial charge in [0.2, 0.25) is 0 Å². The van der Waals surface area contributed by atoms with Crippen LogP contribution in [0.2, 0.25) is 0 Å². The van der Waals surface area contributed by atoms with Crippen LogP contribution in [0.5, 0.6) is 5.75 Å². The van der Waals surface area contributed by atoms with E-state index < -0.39 is 0 Å². The normalized spacial score (nSPS) is 16.3. The van der Waals surface area contributed by atoms with Crippen LogP contribution in [0, 0.1) is 5.92 Å². The molecule has 0 unspecified atom stereocenters. The van der Waals surface area contributed by atoms with Crippen LogP contribution in [-0.4, -0.2) is 17.7 Å². The Bertz CT molecular complexity index is 892. The molecule has 3 rings (SSSR count). The molecule has 0 bridgehead atoms. The number of nitrogens with one attached hydrogen (secondary N) is 2. The van der Waals surface area contributed by atoms with Crippen LogP contribution in [0.3, 0.4) is 0 Å². The largest absolute Gasteiger partial charge is 0.489 e. The first-order valence-electron chi connectivity index (χ1n) is 9.66. The number of rotatable bonds is 7. The number of carbonyl (C=O) groups excluding carboxylic acids is 1. The Kier molecular flexibility index (Phi) is 6.88. The summed E-state index contributed by atoms with van der Waals surface area (Å²) in [7, 11) is 0. The quantitative estimate of drug-likeness (QED) is 0.525. The summed E-state index contributed by atoms with van der Waals surface area (Å²) >= 11 is 5.29. The van der Waals surface area contributed by atoms with Crippen molar-refractivity contribution in [2.45, 2.75) is 33.4 Å². The van der Waals surface area contributed by atoms with Crippen LogP contribution in [0.1, 0.15) is 37.9 Å². The van der Waals surface area contributed by atoms with Gasteiger partial charge >= 0.3 is 5.97 Å². The van der Waals surface area contributed by atoms with E-state index in [-0.39, 0.29) is 17.9 Å². The Morgan fingerprint density at radius 1 is 1.10 bits per heavy atom. The van der Waals surface area contributed by atoms with Gasteiger partial charge in [-0.05, 0) is 48.3 Å². The second kappa shape index (κ2) is 9.56. The van der Waals surface area contributed by atoms with Crippen molar-refractivity contribution in [3.63, 3.8) is 0 Å². The molecule has 5 nitrogen and oxygen atoms in total. The first kappa shape index (κ1) is 20.9. The lowest BCUT2D eigenvalue weighted by molar-refractivity contribution is -0.140. The molecule has 152 valence electrons. The Hall–Kier alpha value is -2.86. The van der Waals surface area contributed by atoms with Crippen LogP contribution in [-0.2, 0) is 16.1 Å². The Morgan fingerprint density at radius 2 is 1.79 bits per heavy atom. The lowest BCUT2D eigenvalue weighted by Crippen LogP contribution is -2.45. The van der Waals surface area contributed by atoms with E-state index in [0.717, 1.165) is 16.9 Å². The van der Waals surface area contributed by atoms with Crippen molar-refractivity contribution in [3.8, 4) is 5.75 Å². The highest BCUT2D eigenvalue weighted by atomic mass is 32.1. The van der Waals surface area contributed by atoms with E-state index in [1.807, 2.05) is 75.4 Å². The molecule has 29 heavy (non-hydrogen) atoms. The molecule has 0 aliphatic carbocycles. The minimum Gasteiger partial charge on any atom is -0.489 e. The van der Waals surface area contributed by atoms with E-state index in [4.69, 9.17) is 21.7 Å². The zero-order chi connectivity index (χ0) is 20.8. The SMILES string of the molecule is CC1=C(C(=O)OCC(C)C)[C@H](c2ccc(OCc3ccccc3)cc2)NC(=S)N1. The minimum absolute atomic E-state index is 0.268. The van der Waals surface area contributed by atoms with Crippen LogP contribution >= 0.6 is 12.2 Å². The summed E-state index contributed by atoms with van der Waals surface area (Å²) in [5, 5.41) is 6.69. The lowest BCUT2D eigenvalue weighted by Gasteiger charge is -2.30. The highest BCUT2D eigenvalue weighted by molar-refractivity contribution is 7.80. The number of esters is 1. The molecule has 0 aromatic heterocycles. The van der Waals surface area contributed by atoms with E-state index in [0.29, 0.717) is 29.6 Å². The summed E-state index contributed by atoms with van der Waals surface area (Å²) in [5.41, 5.74) is 3.27. The van der Waals surface area contributed by atoms with Gasteiger partial charge in [0.1, 0.15) is 12.4 Å². The molecule has 0 radical (unpaired) electrons. The predicted molar refractivity (Wildman–Crippen MR) is 117 cm³/mol. The molecule has 0 saturated heterocycles. The molecule has 2 N–H and O–H groups in total. The number of thiocarbonyl (C=S) groups is 1. The first-order valence-corrected chi connectivity index (χ1v) is 10.1. The highest BCUT2D eigenvalue weighted by Crippen LogP contribution is 2.29. The average molecular weight is 411 g/mol. The molecule has 2 aromatic rings. The zero-order valence-electron chi connectivity index (χ0n) is 16.9. The van der Waals surface area contributed by atoms with Crippen molar-refractivity contribution in [1.82, 2.24) is 10.6 Å². The van der Waals surface area contributed by atoms with Gasteiger partial charge in [-0.15, -0.1) is 0 Å². The first-order chi connectivity index (χ1) is 13.9.